The van der Waals surface area contributed by atoms with Crippen LogP contribution in [0, 0.1) is 0 Å². The van der Waals surface area contributed by atoms with Crippen LogP contribution in [0.4, 0.5) is 0 Å². The van der Waals surface area contributed by atoms with Gasteiger partial charge in [0.05, 0.1) is 12.2 Å². The van der Waals surface area contributed by atoms with Crippen LogP contribution in [0.2, 0.25) is 0 Å². The molecule has 0 unspecified atom stereocenters. The van der Waals surface area contributed by atoms with Gasteiger partial charge >= 0.3 is 0 Å². The van der Waals surface area contributed by atoms with Gasteiger partial charge in [0, 0.05) is 6.42 Å². The van der Waals surface area contributed by atoms with Gasteiger partial charge in [0.2, 0.25) is 5.91 Å². The van der Waals surface area contributed by atoms with Crippen LogP contribution in [0.5, 0.6) is 0 Å². The van der Waals surface area contributed by atoms with Crippen LogP contribution in [0.3, 0.4) is 0 Å². The second-order valence-electron chi connectivity index (χ2n) is 2.01. The average Bonchev–Trinajstić information content (AvgIpc) is 1.60. The standard InChI is InChI=1S/C6H9NO2/c1-4(6(7)8)5-2-3-9-5/h2-3H2,1H3,(H2,7,8). The number of carbonyl (C=O) groups excluding carboxylic acids is 1. The van der Waals surface area contributed by atoms with Crippen molar-refractivity contribution in [1.29, 1.82) is 0 Å². The van der Waals surface area contributed by atoms with Gasteiger partial charge in [-0.25, -0.2) is 0 Å². The molecule has 0 spiro atoms. The molecule has 2 N–H and O–H groups in total. The zero-order valence-electron chi connectivity index (χ0n) is 5.31. The minimum absolute atomic E-state index is 0.385. The van der Waals surface area contributed by atoms with Crippen molar-refractivity contribution in [2.45, 2.75) is 13.3 Å². The number of ether oxygens (including phenoxy) is 1. The van der Waals surface area contributed by atoms with E-state index in [9.17, 15) is 4.79 Å². The number of nitrogens with two attached hydrogens (primary N) is 1. The highest BCUT2D eigenvalue weighted by Crippen LogP contribution is 2.19. The van der Waals surface area contributed by atoms with Gasteiger partial charge < -0.3 is 10.5 Å². The summed E-state index contributed by atoms with van der Waals surface area (Å²) < 4.78 is 4.93. The summed E-state index contributed by atoms with van der Waals surface area (Å²) in [6, 6.07) is 0. The molecule has 1 aliphatic rings. The molecule has 1 fully saturated rings. The highest BCUT2D eigenvalue weighted by Gasteiger charge is 2.15. The number of hydrogen-bond acceptors (Lipinski definition) is 2. The molecule has 0 saturated carbocycles. The molecule has 1 rings (SSSR count). The van der Waals surface area contributed by atoms with Crippen molar-refractivity contribution in [3.05, 3.63) is 11.3 Å². The zero-order chi connectivity index (χ0) is 6.85. The molecule has 9 heavy (non-hydrogen) atoms. The molecule has 0 aromatic carbocycles. The van der Waals surface area contributed by atoms with E-state index in [1.165, 1.54) is 0 Å². The monoisotopic (exact) mass is 127 g/mol. The van der Waals surface area contributed by atoms with Crippen LogP contribution >= 0.6 is 0 Å². The average molecular weight is 127 g/mol. The van der Waals surface area contributed by atoms with Crippen LogP contribution < -0.4 is 5.73 Å². The number of amides is 1. The van der Waals surface area contributed by atoms with Gasteiger partial charge in [0.15, 0.2) is 0 Å². The predicted octanol–water partition coefficient (Wildman–Crippen LogP) is 0.166. The summed E-state index contributed by atoms with van der Waals surface area (Å²) in [5.41, 5.74) is 5.53. The Kier molecular flexibility index (Phi) is 1.42. The van der Waals surface area contributed by atoms with Crippen molar-refractivity contribution in [3.63, 3.8) is 0 Å². The molecule has 0 aliphatic carbocycles. The first-order valence-electron chi connectivity index (χ1n) is 2.84. The molecule has 50 valence electrons. The zero-order valence-corrected chi connectivity index (χ0v) is 5.31. The molecule has 1 amide bonds. The largest absolute Gasteiger partial charge is 0.497 e. The second kappa shape index (κ2) is 2.09. The molecule has 1 heterocycles. The molecule has 0 bridgehead atoms. The Morgan fingerprint density at radius 2 is 2.33 bits per heavy atom. The van der Waals surface area contributed by atoms with E-state index in [4.69, 9.17) is 10.5 Å². The fourth-order valence-electron chi connectivity index (χ4n) is 0.637. The van der Waals surface area contributed by atoms with Gasteiger partial charge in [0.1, 0.15) is 5.76 Å². The third kappa shape index (κ3) is 1.04. The molecule has 0 atom stereocenters. The Balaban J connectivity index is 2.67. The smallest absolute Gasteiger partial charge is 0.247 e. The van der Waals surface area contributed by atoms with E-state index in [0.29, 0.717) is 5.57 Å². The Hall–Kier alpha value is -0.990. The van der Waals surface area contributed by atoms with E-state index in [-0.39, 0.29) is 5.91 Å². The maximum absolute atomic E-state index is 10.4. The number of hydrogen-bond donors (Lipinski definition) is 1. The minimum atomic E-state index is -0.385. The van der Waals surface area contributed by atoms with Gasteiger partial charge in [-0.2, -0.15) is 0 Å². The van der Waals surface area contributed by atoms with E-state index in [2.05, 4.69) is 0 Å². The normalized spacial score (nSPS) is 21.9. The molecular formula is C6H9NO2. The van der Waals surface area contributed by atoms with Gasteiger partial charge in [-0.15, -0.1) is 0 Å². The highest BCUT2D eigenvalue weighted by molar-refractivity contribution is 5.91. The van der Waals surface area contributed by atoms with Gasteiger partial charge in [0.25, 0.3) is 0 Å². The Bertz CT molecular complexity index is 166. The topological polar surface area (TPSA) is 52.3 Å². The molecule has 0 aromatic rings. The van der Waals surface area contributed by atoms with Crippen molar-refractivity contribution in [2.75, 3.05) is 6.61 Å². The Morgan fingerprint density at radius 1 is 1.78 bits per heavy atom. The van der Waals surface area contributed by atoms with Gasteiger partial charge in [-0.05, 0) is 6.92 Å². The fourth-order valence-corrected chi connectivity index (χ4v) is 0.637. The fraction of sp³-hybridized carbons (Fsp3) is 0.500. The first-order chi connectivity index (χ1) is 4.22. The van der Waals surface area contributed by atoms with E-state index < -0.39 is 0 Å². The van der Waals surface area contributed by atoms with Crippen LogP contribution in [-0.2, 0) is 9.53 Å². The minimum Gasteiger partial charge on any atom is -0.497 e. The lowest BCUT2D eigenvalue weighted by atomic mass is 10.1. The summed E-state index contributed by atoms with van der Waals surface area (Å²) in [5, 5.41) is 0. The van der Waals surface area contributed by atoms with E-state index in [0.717, 1.165) is 18.8 Å². The molecule has 3 nitrogen and oxygen atoms in total. The maximum Gasteiger partial charge on any atom is 0.247 e. The lowest BCUT2D eigenvalue weighted by Gasteiger charge is -2.20. The van der Waals surface area contributed by atoms with Gasteiger partial charge in [-0.1, -0.05) is 0 Å². The molecule has 0 radical (unpaired) electrons. The lowest BCUT2D eigenvalue weighted by Crippen LogP contribution is -2.19. The van der Waals surface area contributed by atoms with Gasteiger partial charge in [-0.3, -0.25) is 4.79 Å². The van der Waals surface area contributed by atoms with Crippen molar-refractivity contribution >= 4 is 5.91 Å². The van der Waals surface area contributed by atoms with E-state index in [1.54, 1.807) is 6.92 Å². The van der Waals surface area contributed by atoms with Crippen molar-refractivity contribution in [2.24, 2.45) is 5.73 Å². The summed E-state index contributed by atoms with van der Waals surface area (Å²) in [6.45, 7) is 2.40. The number of primary amides is 1. The third-order valence-corrected chi connectivity index (χ3v) is 1.39. The summed E-state index contributed by atoms with van der Waals surface area (Å²) >= 11 is 0. The van der Waals surface area contributed by atoms with Crippen LogP contribution in [0.1, 0.15) is 13.3 Å². The van der Waals surface area contributed by atoms with E-state index >= 15 is 0 Å². The summed E-state index contributed by atoms with van der Waals surface area (Å²) in [4.78, 5) is 10.4. The highest BCUT2D eigenvalue weighted by atomic mass is 16.5. The molecule has 0 aromatic heterocycles. The van der Waals surface area contributed by atoms with Crippen molar-refractivity contribution in [3.8, 4) is 0 Å². The maximum atomic E-state index is 10.4. The summed E-state index contributed by atoms with van der Waals surface area (Å²) in [7, 11) is 0. The van der Waals surface area contributed by atoms with Crippen LogP contribution in [-0.4, -0.2) is 12.5 Å². The Morgan fingerprint density at radius 3 is 2.44 bits per heavy atom. The molecule has 3 heteroatoms. The van der Waals surface area contributed by atoms with E-state index in [1.807, 2.05) is 0 Å². The Labute approximate surface area is 53.5 Å². The summed E-state index contributed by atoms with van der Waals surface area (Å²) in [5.74, 6) is 0.368. The predicted molar refractivity (Wildman–Crippen MR) is 32.5 cm³/mol. The SMILES string of the molecule is CC(C(N)=O)=C1CCO1. The summed E-state index contributed by atoms with van der Waals surface area (Å²) in [6.07, 6.45) is 0.856. The quantitative estimate of drug-likeness (QED) is 0.510. The number of rotatable bonds is 1. The van der Waals surface area contributed by atoms with Crippen LogP contribution in [0.25, 0.3) is 0 Å². The molecule has 1 saturated heterocycles. The third-order valence-electron chi connectivity index (χ3n) is 1.39. The van der Waals surface area contributed by atoms with Crippen LogP contribution in [0.15, 0.2) is 11.3 Å². The van der Waals surface area contributed by atoms with Crippen molar-refractivity contribution in [1.82, 2.24) is 0 Å². The first-order valence-corrected chi connectivity index (χ1v) is 2.84. The first kappa shape index (κ1) is 6.13. The lowest BCUT2D eigenvalue weighted by molar-refractivity contribution is -0.115. The number of carbonyl (C=O) groups is 1. The second-order valence-corrected chi connectivity index (χ2v) is 2.01. The van der Waals surface area contributed by atoms with Crippen molar-refractivity contribution < 1.29 is 9.53 Å². The molecule has 1 aliphatic heterocycles. The molecular weight excluding hydrogens is 118 g/mol.